The summed E-state index contributed by atoms with van der Waals surface area (Å²) >= 11 is 0. The molecule has 2 rings (SSSR count). The highest BCUT2D eigenvalue weighted by Gasteiger charge is 2.10. The lowest BCUT2D eigenvalue weighted by Gasteiger charge is -2.11. The van der Waals surface area contributed by atoms with Gasteiger partial charge in [0.25, 0.3) is 0 Å². The molecule has 2 aromatic carbocycles. The second kappa shape index (κ2) is 6.65. The zero-order valence-corrected chi connectivity index (χ0v) is 11.8. The normalized spacial score (nSPS) is 10.1. The van der Waals surface area contributed by atoms with Crippen molar-refractivity contribution in [2.75, 3.05) is 17.7 Å². The Morgan fingerprint density at radius 1 is 1.24 bits per heavy atom. The van der Waals surface area contributed by atoms with Crippen LogP contribution in [-0.4, -0.2) is 17.7 Å². The van der Waals surface area contributed by atoms with E-state index in [1.165, 1.54) is 6.07 Å². The predicted molar refractivity (Wildman–Crippen MR) is 83.3 cm³/mol. The average Bonchev–Trinajstić information content (AvgIpc) is 2.46. The van der Waals surface area contributed by atoms with Gasteiger partial charge in [-0.05, 0) is 48.9 Å². The molecule has 0 aromatic heterocycles. The zero-order chi connectivity index (χ0) is 15.2. The van der Waals surface area contributed by atoms with Crippen molar-refractivity contribution in [1.82, 2.24) is 0 Å². The molecule has 5 heteroatoms. The molecule has 0 atom stereocenters. The molecule has 0 amide bonds. The van der Waals surface area contributed by atoms with Crippen LogP contribution in [0.4, 0.5) is 17.1 Å². The summed E-state index contributed by atoms with van der Waals surface area (Å²) in [7, 11) is 0. The van der Waals surface area contributed by atoms with E-state index in [4.69, 9.17) is 10.5 Å². The lowest BCUT2D eigenvalue weighted by Crippen LogP contribution is -2.03. The fourth-order valence-electron chi connectivity index (χ4n) is 1.86. The van der Waals surface area contributed by atoms with E-state index in [2.05, 4.69) is 5.32 Å². The van der Waals surface area contributed by atoms with Crippen LogP contribution in [0.25, 0.3) is 0 Å². The van der Waals surface area contributed by atoms with Gasteiger partial charge in [-0.3, -0.25) is 0 Å². The number of aromatic carboxylic acids is 1. The number of hydrogen-bond acceptors (Lipinski definition) is 4. The summed E-state index contributed by atoms with van der Waals surface area (Å²) < 4.78 is 5.50. The Labute approximate surface area is 123 Å². The zero-order valence-electron chi connectivity index (χ0n) is 11.8. The van der Waals surface area contributed by atoms with Crippen molar-refractivity contribution in [3.8, 4) is 5.75 Å². The van der Waals surface area contributed by atoms with Crippen LogP contribution < -0.4 is 15.8 Å². The van der Waals surface area contributed by atoms with Crippen LogP contribution >= 0.6 is 0 Å². The molecule has 2 aromatic rings. The number of rotatable bonds is 6. The number of anilines is 3. The first-order valence-corrected chi connectivity index (χ1v) is 6.73. The molecule has 0 saturated heterocycles. The molecule has 5 nitrogen and oxygen atoms in total. The second-order valence-corrected chi connectivity index (χ2v) is 4.61. The summed E-state index contributed by atoms with van der Waals surface area (Å²) in [6, 6.07) is 12.0. The van der Waals surface area contributed by atoms with E-state index in [1.54, 1.807) is 12.1 Å². The van der Waals surface area contributed by atoms with Crippen LogP contribution in [0.5, 0.6) is 5.75 Å². The summed E-state index contributed by atoms with van der Waals surface area (Å²) in [6.45, 7) is 2.72. The lowest BCUT2D eigenvalue weighted by molar-refractivity contribution is 0.0698. The van der Waals surface area contributed by atoms with E-state index in [0.29, 0.717) is 18.0 Å². The van der Waals surface area contributed by atoms with Gasteiger partial charge in [0.05, 0.1) is 17.9 Å². The minimum absolute atomic E-state index is 0.176. The fraction of sp³-hybridized carbons (Fsp3) is 0.188. The third-order valence-corrected chi connectivity index (χ3v) is 2.88. The van der Waals surface area contributed by atoms with Gasteiger partial charge < -0.3 is 20.9 Å². The summed E-state index contributed by atoms with van der Waals surface area (Å²) in [4.78, 5) is 11.2. The molecule has 0 heterocycles. The number of carboxylic acids is 1. The number of carbonyl (C=O) groups is 1. The van der Waals surface area contributed by atoms with Crippen molar-refractivity contribution in [3.63, 3.8) is 0 Å². The van der Waals surface area contributed by atoms with Crippen LogP contribution in [0.1, 0.15) is 23.7 Å². The predicted octanol–water partition coefficient (Wildman–Crippen LogP) is 3.50. The maximum absolute atomic E-state index is 11.2. The number of nitrogens with two attached hydrogens (primary N) is 1. The Morgan fingerprint density at radius 2 is 1.95 bits per heavy atom. The van der Waals surface area contributed by atoms with E-state index >= 15 is 0 Å². The standard InChI is InChI=1S/C16H18N2O3/c1-2-9-21-13-6-4-12(5-7-13)18-15-10-11(17)3-8-14(15)16(19)20/h3-8,10,18H,2,9,17H2,1H3,(H,19,20). The number of hydrogen-bond donors (Lipinski definition) is 3. The Morgan fingerprint density at radius 3 is 2.57 bits per heavy atom. The van der Waals surface area contributed by atoms with Crippen molar-refractivity contribution >= 4 is 23.0 Å². The van der Waals surface area contributed by atoms with Gasteiger partial charge in [0.2, 0.25) is 0 Å². The molecule has 4 N–H and O–H groups in total. The summed E-state index contributed by atoms with van der Waals surface area (Å²) in [5.74, 6) is -0.214. The highest BCUT2D eigenvalue weighted by molar-refractivity contribution is 5.96. The van der Waals surface area contributed by atoms with E-state index in [9.17, 15) is 9.90 Å². The first-order valence-electron chi connectivity index (χ1n) is 6.73. The van der Waals surface area contributed by atoms with E-state index in [-0.39, 0.29) is 5.56 Å². The molecule has 0 aliphatic heterocycles. The van der Waals surface area contributed by atoms with Crippen LogP contribution in [0.15, 0.2) is 42.5 Å². The van der Waals surface area contributed by atoms with Crippen LogP contribution in [0.3, 0.4) is 0 Å². The molecule has 0 spiro atoms. The Hall–Kier alpha value is -2.69. The smallest absolute Gasteiger partial charge is 0.337 e. The SMILES string of the molecule is CCCOc1ccc(Nc2cc(N)ccc2C(=O)O)cc1. The summed E-state index contributed by atoms with van der Waals surface area (Å²) in [5, 5.41) is 12.2. The van der Waals surface area contributed by atoms with Gasteiger partial charge in [-0.1, -0.05) is 6.92 Å². The van der Waals surface area contributed by atoms with Crippen molar-refractivity contribution in [3.05, 3.63) is 48.0 Å². The lowest BCUT2D eigenvalue weighted by atomic mass is 10.1. The van der Waals surface area contributed by atoms with Gasteiger partial charge in [-0.2, -0.15) is 0 Å². The van der Waals surface area contributed by atoms with Gasteiger partial charge >= 0.3 is 5.97 Å². The fourth-order valence-corrected chi connectivity index (χ4v) is 1.86. The summed E-state index contributed by atoms with van der Waals surface area (Å²) in [6.07, 6.45) is 0.950. The van der Waals surface area contributed by atoms with Gasteiger partial charge in [0.15, 0.2) is 0 Å². The first kappa shape index (κ1) is 14.7. The molecule has 110 valence electrons. The van der Waals surface area contributed by atoms with Crippen molar-refractivity contribution in [2.45, 2.75) is 13.3 Å². The summed E-state index contributed by atoms with van der Waals surface area (Å²) in [5.41, 5.74) is 7.62. The third kappa shape index (κ3) is 3.89. The maximum atomic E-state index is 11.2. The Kier molecular flexibility index (Phi) is 4.66. The van der Waals surface area contributed by atoms with Crippen molar-refractivity contribution in [2.24, 2.45) is 0 Å². The van der Waals surface area contributed by atoms with Gasteiger partial charge in [0, 0.05) is 11.4 Å². The first-order chi connectivity index (χ1) is 10.1. The van der Waals surface area contributed by atoms with Crippen LogP contribution in [0, 0.1) is 0 Å². The molecular weight excluding hydrogens is 268 g/mol. The van der Waals surface area contributed by atoms with E-state index in [1.807, 2.05) is 31.2 Å². The number of nitrogen functional groups attached to an aromatic ring is 1. The Bertz CT molecular complexity index is 624. The second-order valence-electron chi connectivity index (χ2n) is 4.61. The molecule has 0 saturated carbocycles. The third-order valence-electron chi connectivity index (χ3n) is 2.88. The minimum Gasteiger partial charge on any atom is -0.494 e. The largest absolute Gasteiger partial charge is 0.494 e. The van der Waals surface area contributed by atoms with Crippen LogP contribution in [-0.2, 0) is 0 Å². The molecule has 0 bridgehead atoms. The Balaban J connectivity index is 2.18. The molecule has 0 radical (unpaired) electrons. The van der Waals surface area contributed by atoms with Gasteiger partial charge in [0.1, 0.15) is 5.75 Å². The number of benzene rings is 2. The van der Waals surface area contributed by atoms with Gasteiger partial charge in [-0.15, -0.1) is 0 Å². The van der Waals surface area contributed by atoms with E-state index in [0.717, 1.165) is 17.9 Å². The molecule has 0 unspecified atom stereocenters. The topological polar surface area (TPSA) is 84.6 Å². The van der Waals surface area contributed by atoms with Gasteiger partial charge in [-0.25, -0.2) is 4.79 Å². The average molecular weight is 286 g/mol. The molecule has 0 aliphatic rings. The molecule has 0 fully saturated rings. The number of carboxylic acid groups (broad SMARTS) is 1. The number of nitrogens with one attached hydrogen (secondary N) is 1. The van der Waals surface area contributed by atoms with Crippen molar-refractivity contribution in [1.29, 1.82) is 0 Å². The monoisotopic (exact) mass is 286 g/mol. The van der Waals surface area contributed by atoms with Crippen molar-refractivity contribution < 1.29 is 14.6 Å². The molecular formula is C16H18N2O3. The maximum Gasteiger partial charge on any atom is 0.337 e. The minimum atomic E-state index is -1.000. The quantitative estimate of drug-likeness (QED) is 0.708. The van der Waals surface area contributed by atoms with Crippen LogP contribution in [0.2, 0.25) is 0 Å². The molecule has 21 heavy (non-hydrogen) atoms. The number of ether oxygens (including phenoxy) is 1. The molecule has 0 aliphatic carbocycles. The highest BCUT2D eigenvalue weighted by atomic mass is 16.5. The highest BCUT2D eigenvalue weighted by Crippen LogP contribution is 2.25. The van der Waals surface area contributed by atoms with E-state index < -0.39 is 5.97 Å².